The van der Waals surface area contributed by atoms with Crippen molar-refractivity contribution in [3.05, 3.63) is 35.0 Å². The van der Waals surface area contributed by atoms with Crippen LogP contribution in [-0.4, -0.2) is 31.0 Å². The van der Waals surface area contributed by atoms with Gasteiger partial charge in [-0.05, 0) is 50.3 Å². The van der Waals surface area contributed by atoms with E-state index in [4.69, 9.17) is 14.5 Å². The molecule has 1 unspecified atom stereocenters. The topological polar surface area (TPSA) is 65.0 Å². The standard InChI is InChI=1S/C22H25NO4/c1-3-27-19-12-13(10-11-18(19)26-2)20-21-14(6-4-8-16(21)24)23-15-7-5-9-17(25)22(15)20/h10-12,20-21H,3-9H2,1-2H3/t20-,21?/m1/s1. The van der Waals surface area contributed by atoms with Gasteiger partial charge >= 0.3 is 0 Å². The van der Waals surface area contributed by atoms with Crippen LogP contribution in [0.5, 0.6) is 11.5 Å². The maximum absolute atomic E-state index is 12.9. The molecule has 1 heterocycles. The van der Waals surface area contributed by atoms with E-state index in [9.17, 15) is 9.59 Å². The summed E-state index contributed by atoms with van der Waals surface area (Å²) >= 11 is 0. The Morgan fingerprint density at radius 1 is 1.04 bits per heavy atom. The molecule has 1 fully saturated rings. The lowest BCUT2D eigenvalue weighted by molar-refractivity contribution is -0.122. The quantitative estimate of drug-likeness (QED) is 0.807. The predicted octanol–water partition coefficient (Wildman–Crippen LogP) is 4.01. The molecule has 0 bridgehead atoms. The number of rotatable bonds is 4. The Hall–Kier alpha value is -2.43. The van der Waals surface area contributed by atoms with E-state index in [1.165, 1.54) is 0 Å². The summed E-state index contributed by atoms with van der Waals surface area (Å²) in [6.07, 6.45) is 4.45. The SMILES string of the molecule is CCOc1cc([C@H]2C3=C(CCCC3=O)N=C3CCCC(=O)C32)ccc1OC. The lowest BCUT2D eigenvalue weighted by atomic mass is 9.67. The predicted molar refractivity (Wildman–Crippen MR) is 103 cm³/mol. The van der Waals surface area contributed by atoms with Gasteiger partial charge in [0, 0.05) is 35.7 Å². The zero-order valence-corrected chi connectivity index (χ0v) is 15.9. The van der Waals surface area contributed by atoms with Crippen LogP contribution in [-0.2, 0) is 9.59 Å². The largest absolute Gasteiger partial charge is 0.493 e. The molecule has 0 aromatic heterocycles. The van der Waals surface area contributed by atoms with Crippen LogP contribution in [0.2, 0.25) is 0 Å². The Kier molecular flexibility index (Phi) is 4.85. The number of carbonyl (C=O) groups excluding carboxylic acids is 2. The number of fused-ring (bicyclic) bond motifs is 1. The van der Waals surface area contributed by atoms with Crippen molar-refractivity contribution in [1.29, 1.82) is 0 Å². The van der Waals surface area contributed by atoms with E-state index in [0.29, 0.717) is 30.9 Å². The minimum atomic E-state index is -0.317. The molecule has 4 rings (SSSR count). The Morgan fingerprint density at radius 3 is 2.63 bits per heavy atom. The van der Waals surface area contributed by atoms with Gasteiger partial charge in [0.25, 0.3) is 0 Å². The van der Waals surface area contributed by atoms with Gasteiger partial charge in [0.15, 0.2) is 17.3 Å². The molecule has 0 amide bonds. The third-order valence-electron chi connectivity index (χ3n) is 5.76. The molecule has 0 saturated heterocycles. The normalized spacial score (nSPS) is 24.9. The lowest BCUT2D eigenvalue weighted by Crippen LogP contribution is -2.39. The van der Waals surface area contributed by atoms with Crippen LogP contribution in [0.4, 0.5) is 0 Å². The van der Waals surface area contributed by atoms with Crippen LogP contribution in [0.1, 0.15) is 56.9 Å². The minimum absolute atomic E-state index is 0.135. The molecule has 142 valence electrons. The molecule has 2 aliphatic carbocycles. The summed E-state index contributed by atoms with van der Waals surface area (Å²) in [5, 5.41) is 0. The second-order valence-corrected chi connectivity index (χ2v) is 7.36. The molecule has 3 aliphatic rings. The molecule has 1 saturated carbocycles. The number of benzene rings is 1. The van der Waals surface area contributed by atoms with Crippen molar-refractivity contribution in [3.63, 3.8) is 0 Å². The Labute approximate surface area is 159 Å². The van der Waals surface area contributed by atoms with Crippen molar-refractivity contribution in [3.8, 4) is 11.5 Å². The number of Topliss-reactive ketones (excluding diaryl/α,β-unsaturated/α-hetero) is 2. The first-order valence-corrected chi connectivity index (χ1v) is 9.81. The van der Waals surface area contributed by atoms with Crippen LogP contribution in [0.3, 0.4) is 0 Å². The van der Waals surface area contributed by atoms with Crippen molar-refractivity contribution in [2.75, 3.05) is 13.7 Å². The van der Waals surface area contributed by atoms with E-state index in [1.807, 2.05) is 25.1 Å². The fraction of sp³-hybridized carbons (Fsp3) is 0.500. The Bertz CT molecular complexity index is 852. The van der Waals surface area contributed by atoms with Gasteiger partial charge in [0.1, 0.15) is 5.78 Å². The summed E-state index contributed by atoms with van der Waals surface area (Å²) in [5.41, 5.74) is 3.54. The lowest BCUT2D eigenvalue weighted by Gasteiger charge is -2.38. The highest BCUT2D eigenvalue weighted by molar-refractivity contribution is 6.12. The molecule has 27 heavy (non-hydrogen) atoms. The first-order valence-electron chi connectivity index (χ1n) is 9.81. The van der Waals surface area contributed by atoms with Crippen LogP contribution in [0.15, 0.2) is 34.5 Å². The summed E-state index contributed by atoms with van der Waals surface area (Å²) in [6.45, 7) is 2.44. The van der Waals surface area contributed by atoms with Crippen molar-refractivity contribution >= 4 is 17.3 Å². The second-order valence-electron chi connectivity index (χ2n) is 7.36. The number of carbonyl (C=O) groups is 2. The maximum Gasteiger partial charge on any atom is 0.161 e. The third-order valence-corrected chi connectivity index (χ3v) is 5.76. The number of ether oxygens (including phenoxy) is 2. The molecule has 1 aliphatic heterocycles. The maximum atomic E-state index is 12.9. The number of hydrogen-bond donors (Lipinski definition) is 0. The number of nitrogens with zero attached hydrogens (tertiary/aromatic N) is 1. The fourth-order valence-electron chi connectivity index (χ4n) is 4.61. The number of aliphatic imine (C=N–C) groups is 1. The fourth-order valence-corrected chi connectivity index (χ4v) is 4.61. The zero-order valence-electron chi connectivity index (χ0n) is 15.9. The van der Waals surface area contributed by atoms with E-state index in [0.717, 1.165) is 48.2 Å². The van der Waals surface area contributed by atoms with Crippen LogP contribution >= 0.6 is 0 Å². The highest BCUT2D eigenvalue weighted by Gasteiger charge is 2.44. The molecule has 5 nitrogen and oxygen atoms in total. The number of hydrogen-bond acceptors (Lipinski definition) is 5. The summed E-state index contributed by atoms with van der Waals surface area (Å²) in [4.78, 5) is 30.5. The molecule has 0 spiro atoms. The number of ketones is 2. The number of allylic oxidation sites excluding steroid dienone is 2. The van der Waals surface area contributed by atoms with Crippen molar-refractivity contribution in [2.24, 2.45) is 10.9 Å². The summed E-state index contributed by atoms with van der Waals surface area (Å²) in [6, 6.07) is 5.76. The van der Waals surface area contributed by atoms with E-state index in [-0.39, 0.29) is 23.4 Å². The van der Waals surface area contributed by atoms with Crippen LogP contribution < -0.4 is 9.47 Å². The third kappa shape index (κ3) is 3.09. The van der Waals surface area contributed by atoms with Crippen molar-refractivity contribution in [1.82, 2.24) is 0 Å². The Morgan fingerprint density at radius 2 is 1.85 bits per heavy atom. The zero-order chi connectivity index (χ0) is 19.0. The monoisotopic (exact) mass is 367 g/mol. The van der Waals surface area contributed by atoms with E-state index in [1.54, 1.807) is 7.11 Å². The highest BCUT2D eigenvalue weighted by Crippen LogP contribution is 2.47. The van der Waals surface area contributed by atoms with Gasteiger partial charge in [0.05, 0.1) is 19.6 Å². The average molecular weight is 367 g/mol. The minimum Gasteiger partial charge on any atom is -0.493 e. The smallest absolute Gasteiger partial charge is 0.161 e. The summed E-state index contributed by atoms with van der Waals surface area (Å²) in [5.74, 6) is 1.07. The van der Waals surface area contributed by atoms with E-state index < -0.39 is 0 Å². The van der Waals surface area contributed by atoms with Gasteiger partial charge in [-0.2, -0.15) is 0 Å². The first kappa shape index (κ1) is 18.0. The second kappa shape index (κ2) is 7.29. The average Bonchev–Trinajstić information content (AvgIpc) is 2.67. The van der Waals surface area contributed by atoms with Gasteiger partial charge in [-0.25, -0.2) is 0 Å². The molecule has 2 atom stereocenters. The highest BCUT2D eigenvalue weighted by atomic mass is 16.5. The molecule has 0 N–H and O–H groups in total. The van der Waals surface area contributed by atoms with Gasteiger partial charge in [-0.1, -0.05) is 6.07 Å². The molecule has 1 aromatic rings. The molecule has 0 radical (unpaired) electrons. The van der Waals surface area contributed by atoms with Crippen LogP contribution in [0, 0.1) is 5.92 Å². The van der Waals surface area contributed by atoms with Gasteiger partial charge in [-0.3, -0.25) is 14.6 Å². The summed E-state index contributed by atoms with van der Waals surface area (Å²) in [7, 11) is 1.61. The van der Waals surface area contributed by atoms with E-state index >= 15 is 0 Å². The molecule has 1 aromatic carbocycles. The first-order chi connectivity index (χ1) is 13.1. The summed E-state index contributed by atoms with van der Waals surface area (Å²) < 4.78 is 11.1. The number of methoxy groups -OCH3 is 1. The Balaban J connectivity index is 1.86. The van der Waals surface area contributed by atoms with Gasteiger partial charge in [-0.15, -0.1) is 0 Å². The van der Waals surface area contributed by atoms with Gasteiger partial charge in [0.2, 0.25) is 0 Å². The van der Waals surface area contributed by atoms with Crippen molar-refractivity contribution < 1.29 is 19.1 Å². The molecule has 5 heteroatoms. The van der Waals surface area contributed by atoms with Crippen LogP contribution in [0.25, 0.3) is 0 Å². The molecular weight excluding hydrogens is 342 g/mol. The molecular formula is C22H25NO4. The van der Waals surface area contributed by atoms with Gasteiger partial charge < -0.3 is 9.47 Å². The van der Waals surface area contributed by atoms with Crippen molar-refractivity contribution in [2.45, 2.75) is 51.4 Å². The van der Waals surface area contributed by atoms with E-state index in [2.05, 4.69) is 0 Å².